The summed E-state index contributed by atoms with van der Waals surface area (Å²) in [5, 5.41) is 8.67. The van der Waals surface area contributed by atoms with E-state index in [1.807, 2.05) is 0 Å². The summed E-state index contributed by atoms with van der Waals surface area (Å²) in [5.74, 6) is 0.991. The highest BCUT2D eigenvalue weighted by atomic mass is 16.5. The Kier molecular flexibility index (Phi) is 6.30. The predicted molar refractivity (Wildman–Crippen MR) is 79.1 cm³/mol. The van der Waals surface area contributed by atoms with Crippen molar-refractivity contribution in [3.05, 3.63) is 29.3 Å². The number of fused-ring (bicyclic) bond motifs is 1. The first-order valence-electron chi connectivity index (χ1n) is 7.49. The molecule has 1 heterocycles. The first-order valence-corrected chi connectivity index (χ1v) is 7.49. The molecule has 1 aromatic rings. The lowest BCUT2D eigenvalue weighted by Crippen LogP contribution is -2.33. The van der Waals surface area contributed by atoms with Crippen LogP contribution in [0.2, 0.25) is 0 Å². The average molecular weight is 279 g/mol. The van der Waals surface area contributed by atoms with E-state index in [4.69, 9.17) is 14.6 Å². The summed E-state index contributed by atoms with van der Waals surface area (Å²) >= 11 is 0. The lowest BCUT2D eigenvalue weighted by atomic mass is 9.99. The Morgan fingerprint density at radius 1 is 1.20 bits per heavy atom. The third-order valence-corrected chi connectivity index (χ3v) is 3.53. The van der Waals surface area contributed by atoms with Crippen molar-refractivity contribution in [2.45, 2.75) is 26.3 Å². The molecule has 4 heteroatoms. The number of ether oxygens (including phenoxy) is 2. The normalized spacial score (nSPS) is 15.1. The molecule has 0 aliphatic carbocycles. The largest absolute Gasteiger partial charge is 0.494 e. The molecule has 0 atom stereocenters. The van der Waals surface area contributed by atoms with E-state index in [9.17, 15) is 0 Å². The molecular formula is C16H25NO3. The number of hydrogen-bond donors (Lipinski definition) is 1. The van der Waals surface area contributed by atoms with Crippen molar-refractivity contribution in [2.75, 3.05) is 39.5 Å². The monoisotopic (exact) mass is 279 g/mol. The summed E-state index contributed by atoms with van der Waals surface area (Å²) in [4.78, 5) is 2.40. The van der Waals surface area contributed by atoms with Gasteiger partial charge in [-0.25, -0.2) is 0 Å². The second-order valence-corrected chi connectivity index (χ2v) is 5.14. The molecule has 1 aromatic carbocycles. The van der Waals surface area contributed by atoms with Crippen molar-refractivity contribution in [1.29, 1.82) is 0 Å². The second kappa shape index (κ2) is 8.25. The van der Waals surface area contributed by atoms with E-state index >= 15 is 0 Å². The minimum atomic E-state index is 0.101. The van der Waals surface area contributed by atoms with Crippen LogP contribution in [0.1, 0.15) is 24.5 Å². The van der Waals surface area contributed by atoms with Crippen LogP contribution in [0.5, 0.6) is 5.75 Å². The summed E-state index contributed by atoms with van der Waals surface area (Å²) in [6.45, 7) is 7.09. The van der Waals surface area contributed by atoms with Gasteiger partial charge in [0.2, 0.25) is 0 Å². The van der Waals surface area contributed by atoms with Crippen LogP contribution in [0.4, 0.5) is 0 Å². The fourth-order valence-corrected chi connectivity index (χ4v) is 2.45. The van der Waals surface area contributed by atoms with E-state index in [1.165, 1.54) is 11.1 Å². The van der Waals surface area contributed by atoms with E-state index in [-0.39, 0.29) is 6.61 Å². The fourth-order valence-electron chi connectivity index (χ4n) is 2.45. The molecular weight excluding hydrogens is 254 g/mol. The Morgan fingerprint density at radius 3 is 2.90 bits per heavy atom. The van der Waals surface area contributed by atoms with Crippen LogP contribution >= 0.6 is 0 Å². The zero-order valence-corrected chi connectivity index (χ0v) is 12.3. The summed E-state index contributed by atoms with van der Waals surface area (Å²) in [6.07, 6.45) is 2.11. The first kappa shape index (κ1) is 15.3. The van der Waals surface area contributed by atoms with Crippen molar-refractivity contribution in [3.63, 3.8) is 0 Å². The lowest BCUT2D eigenvalue weighted by molar-refractivity contribution is 0.0709. The van der Waals surface area contributed by atoms with Gasteiger partial charge in [-0.05, 0) is 36.1 Å². The first-order chi connectivity index (χ1) is 9.83. The van der Waals surface area contributed by atoms with Gasteiger partial charge in [-0.1, -0.05) is 13.0 Å². The maximum atomic E-state index is 8.67. The van der Waals surface area contributed by atoms with Crippen molar-refractivity contribution in [3.8, 4) is 5.75 Å². The van der Waals surface area contributed by atoms with Crippen LogP contribution in [0.25, 0.3) is 0 Å². The lowest BCUT2D eigenvalue weighted by Gasteiger charge is -2.28. The molecule has 0 amide bonds. The van der Waals surface area contributed by atoms with E-state index in [2.05, 4.69) is 30.0 Å². The number of aliphatic hydroxyl groups is 1. The number of aliphatic hydroxyl groups excluding tert-OH is 1. The average Bonchev–Trinajstić information content (AvgIpc) is 2.49. The van der Waals surface area contributed by atoms with Gasteiger partial charge in [0.25, 0.3) is 0 Å². The Morgan fingerprint density at radius 2 is 2.10 bits per heavy atom. The van der Waals surface area contributed by atoms with Crippen LogP contribution < -0.4 is 4.74 Å². The predicted octanol–water partition coefficient (Wildman–Crippen LogP) is 1.84. The molecule has 0 radical (unpaired) electrons. The molecule has 0 aromatic heterocycles. The summed E-state index contributed by atoms with van der Waals surface area (Å²) < 4.78 is 11.0. The zero-order chi connectivity index (χ0) is 14.2. The molecule has 0 unspecified atom stereocenters. The number of nitrogens with zero attached hydrogens (tertiary/aromatic N) is 1. The van der Waals surface area contributed by atoms with Crippen molar-refractivity contribution in [1.82, 2.24) is 4.90 Å². The van der Waals surface area contributed by atoms with Crippen molar-refractivity contribution in [2.24, 2.45) is 0 Å². The molecule has 112 valence electrons. The third kappa shape index (κ3) is 4.47. The Bertz CT molecular complexity index is 409. The molecule has 1 aliphatic rings. The molecule has 20 heavy (non-hydrogen) atoms. The zero-order valence-electron chi connectivity index (χ0n) is 12.3. The highest BCUT2D eigenvalue weighted by Crippen LogP contribution is 2.23. The molecule has 0 saturated carbocycles. The SMILES string of the molecule is CCCOc1ccc2c(c1)CCN(CCOCCO)C2. The van der Waals surface area contributed by atoms with Crippen LogP contribution in [0.15, 0.2) is 18.2 Å². The van der Waals surface area contributed by atoms with Crippen molar-refractivity contribution >= 4 is 0 Å². The number of benzene rings is 1. The van der Waals surface area contributed by atoms with E-state index in [0.717, 1.165) is 44.8 Å². The number of hydrogen-bond acceptors (Lipinski definition) is 4. The van der Waals surface area contributed by atoms with Crippen molar-refractivity contribution < 1.29 is 14.6 Å². The van der Waals surface area contributed by atoms with E-state index < -0.39 is 0 Å². The van der Waals surface area contributed by atoms with Crippen LogP contribution in [0, 0.1) is 0 Å². The third-order valence-electron chi connectivity index (χ3n) is 3.53. The van der Waals surface area contributed by atoms with Gasteiger partial charge in [0.15, 0.2) is 0 Å². The van der Waals surface area contributed by atoms with E-state index in [1.54, 1.807) is 0 Å². The quantitative estimate of drug-likeness (QED) is 0.737. The minimum Gasteiger partial charge on any atom is -0.494 e. The van der Waals surface area contributed by atoms with Crippen LogP contribution in [-0.4, -0.2) is 49.5 Å². The Hall–Kier alpha value is -1.10. The van der Waals surface area contributed by atoms with Gasteiger partial charge >= 0.3 is 0 Å². The summed E-state index contributed by atoms with van der Waals surface area (Å²) in [6, 6.07) is 6.44. The highest BCUT2D eigenvalue weighted by molar-refractivity contribution is 5.37. The van der Waals surface area contributed by atoms with Gasteiger partial charge < -0.3 is 14.6 Å². The number of rotatable bonds is 8. The standard InChI is InChI=1S/C16H25NO3/c1-2-9-20-16-4-3-15-13-17(6-5-14(15)12-16)7-10-19-11-8-18/h3-4,12,18H,2,5-11,13H2,1H3. The van der Waals surface area contributed by atoms with Gasteiger partial charge in [-0.15, -0.1) is 0 Å². The Balaban J connectivity index is 1.84. The Labute approximate surface area is 121 Å². The molecule has 0 spiro atoms. The van der Waals surface area contributed by atoms with Gasteiger partial charge in [0.1, 0.15) is 5.75 Å². The van der Waals surface area contributed by atoms with Gasteiger partial charge in [-0.2, -0.15) is 0 Å². The van der Waals surface area contributed by atoms with Gasteiger partial charge in [0, 0.05) is 19.6 Å². The summed E-state index contributed by atoms with van der Waals surface area (Å²) in [5.41, 5.74) is 2.80. The molecule has 4 nitrogen and oxygen atoms in total. The fraction of sp³-hybridized carbons (Fsp3) is 0.625. The highest BCUT2D eigenvalue weighted by Gasteiger charge is 2.16. The maximum Gasteiger partial charge on any atom is 0.119 e. The van der Waals surface area contributed by atoms with Gasteiger partial charge in [-0.3, -0.25) is 4.90 Å². The second-order valence-electron chi connectivity index (χ2n) is 5.14. The van der Waals surface area contributed by atoms with Gasteiger partial charge in [0.05, 0.1) is 26.4 Å². The summed E-state index contributed by atoms with van der Waals surface area (Å²) in [7, 11) is 0. The topological polar surface area (TPSA) is 41.9 Å². The molecule has 1 N–H and O–H groups in total. The smallest absolute Gasteiger partial charge is 0.119 e. The van der Waals surface area contributed by atoms with E-state index in [0.29, 0.717) is 13.2 Å². The minimum absolute atomic E-state index is 0.101. The molecule has 0 bridgehead atoms. The molecule has 0 fully saturated rings. The molecule has 2 rings (SSSR count). The van der Waals surface area contributed by atoms with Crippen LogP contribution in [0.3, 0.4) is 0 Å². The molecule has 0 saturated heterocycles. The maximum absolute atomic E-state index is 8.67. The molecule has 1 aliphatic heterocycles. The van der Waals surface area contributed by atoms with Crippen LogP contribution in [-0.2, 0) is 17.7 Å².